The Morgan fingerprint density at radius 1 is 0.942 bits per heavy atom. The maximum atomic E-state index is 14.9. The fraction of sp³-hybridized carbons (Fsp3) is 0.635. The van der Waals surface area contributed by atoms with Gasteiger partial charge in [-0.25, -0.2) is 9.79 Å². The van der Waals surface area contributed by atoms with Crippen molar-refractivity contribution in [3.63, 3.8) is 0 Å². The number of phenolic OH excluding ortho intramolecular Hbond substituents is 2. The highest BCUT2D eigenvalue weighted by molar-refractivity contribution is 6.21. The number of fused-ring (bicyclic) bond motifs is 13. The summed E-state index contributed by atoms with van der Waals surface area (Å²) in [5.74, 6) is -6.13. The summed E-state index contributed by atoms with van der Waals surface area (Å²) in [5, 5.41) is 51.4. The quantitative estimate of drug-likeness (QED) is 0.239. The molecule has 2 amide bonds. The lowest BCUT2D eigenvalue weighted by Crippen LogP contribution is -2.50. The number of piperidine rings is 2. The molecule has 6 aliphatic rings. The number of aromatic hydroxyl groups is 2. The molecule has 8 rings (SSSR count). The molecule has 6 aliphatic heterocycles. The highest BCUT2D eigenvalue weighted by atomic mass is 16.7. The van der Waals surface area contributed by atoms with Crippen molar-refractivity contribution in [2.75, 3.05) is 59.2 Å². The summed E-state index contributed by atoms with van der Waals surface area (Å²) >= 11 is 0. The van der Waals surface area contributed by atoms with Crippen LogP contribution in [0.15, 0.2) is 46.1 Å². The molecule has 5 N–H and O–H groups in total. The first-order valence-corrected chi connectivity index (χ1v) is 24.5. The molecule has 1 spiro atoms. The second kappa shape index (κ2) is 20.3. The number of Topliss-reactive ketones (excluding diaryl/α,β-unsaturated/α-hetero) is 1. The number of nitrogens with zero attached hydrogens (tertiary/aromatic N) is 5. The number of anilines is 1. The van der Waals surface area contributed by atoms with Crippen LogP contribution < -0.4 is 20.8 Å². The lowest BCUT2D eigenvalue weighted by molar-refractivity contribution is -0.114. The summed E-state index contributed by atoms with van der Waals surface area (Å²) in [6.07, 6.45) is 6.09. The van der Waals surface area contributed by atoms with Crippen LogP contribution in [0.25, 0.3) is 10.8 Å². The van der Waals surface area contributed by atoms with Gasteiger partial charge in [0.25, 0.3) is 11.7 Å². The van der Waals surface area contributed by atoms with Gasteiger partial charge < -0.3 is 59.4 Å². The van der Waals surface area contributed by atoms with Crippen LogP contribution in [0.4, 0.5) is 10.5 Å². The third-order valence-electron chi connectivity index (χ3n) is 15.3. The Kier molecular flexibility index (Phi) is 15.3. The number of methoxy groups -OCH3 is 1. The molecule has 17 heteroatoms. The first-order valence-electron chi connectivity index (χ1n) is 24.5. The second-order valence-electron chi connectivity index (χ2n) is 20.9. The standard InChI is InChI=1S/C52H74N6O11/c1-27(2)26-57-23-19-52(20-24-57)54-39-36-37-44(61)33(8)47-38(36)48(63)51(9,69-47)67-25-18-35(66-12)30(5)46(68-50(65)58-21-16-34(17-22-58)56(10)11)32(7)43(60)31(6)42(59)28(3)14-13-15-29(4)49(64)53-41(45(37)62)40(39)55-52/h13-15,18,25,27-28,30-32,34-35,42-43,46,54,59-62H,16-17,19-24,26H2,1-12H3/b14-13+,25-18+,29-15-,53-41?/t28?,30-,31-,32-,35+,42+,43-,46-,51+/m1/s1. The lowest BCUT2D eigenvalue weighted by atomic mass is 9.78. The zero-order chi connectivity index (χ0) is 50.4. The molecule has 0 aliphatic carbocycles. The Hall–Kier alpha value is -5.07. The number of ether oxygens (including phenoxy) is 4. The number of likely N-dealkylation sites (tertiary alicyclic amines) is 2. The Labute approximate surface area is 405 Å². The number of hydrogen-bond donors (Lipinski definition) is 5. The molecule has 2 fully saturated rings. The summed E-state index contributed by atoms with van der Waals surface area (Å²) in [4.78, 5) is 58.7. The minimum Gasteiger partial charge on any atom is -0.507 e. The van der Waals surface area contributed by atoms with Crippen LogP contribution in [0.2, 0.25) is 0 Å². The summed E-state index contributed by atoms with van der Waals surface area (Å²) in [5.41, 5.74) is -0.115. The van der Waals surface area contributed by atoms with E-state index in [1.165, 1.54) is 20.3 Å². The van der Waals surface area contributed by atoms with Gasteiger partial charge in [0.15, 0.2) is 5.75 Å². The number of rotatable bonds is 5. The Morgan fingerprint density at radius 2 is 1.61 bits per heavy atom. The predicted molar refractivity (Wildman–Crippen MR) is 261 cm³/mol. The fourth-order valence-electron chi connectivity index (χ4n) is 10.8. The first kappa shape index (κ1) is 51.8. The Morgan fingerprint density at radius 3 is 2.23 bits per heavy atom. The van der Waals surface area contributed by atoms with Crippen molar-refractivity contribution < 1.29 is 53.8 Å². The summed E-state index contributed by atoms with van der Waals surface area (Å²) in [6, 6.07) is 0.333. The van der Waals surface area contributed by atoms with Gasteiger partial charge in [0.05, 0.1) is 41.2 Å². The van der Waals surface area contributed by atoms with Crippen molar-refractivity contribution in [2.45, 2.75) is 130 Å². The average molecular weight is 959 g/mol. The SMILES string of the molecule is CO[C@H]1/C=C/O[C@@]2(C)Oc3c(C)c(O)c4c(O)c(c5c(c4c3C2=O)NC2(CCN(CC(C)C)CC2)N=5)=NC(=O)/C(C)=C\C=C\C(C)[C@H](O)[C@@H](C)[C@@H](O)[C@@H](C)[C@H](OC(=O)N2CCC(N(C)C)CC2)[C@@H]1C. The molecule has 1 unspecified atom stereocenters. The number of hydrogen-bond acceptors (Lipinski definition) is 15. The molecule has 0 radical (unpaired) electrons. The van der Waals surface area contributed by atoms with E-state index in [-0.39, 0.29) is 49.7 Å². The van der Waals surface area contributed by atoms with E-state index in [0.717, 1.165) is 32.5 Å². The van der Waals surface area contributed by atoms with Crippen LogP contribution in [0.5, 0.6) is 17.2 Å². The van der Waals surface area contributed by atoms with Gasteiger partial charge in [0.1, 0.15) is 34.0 Å². The van der Waals surface area contributed by atoms with E-state index < -0.39 is 83.1 Å². The van der Waals surface area contributed by atoms with Crippen molar-refractivity contribution >= 4 is 34.2 Å². The molecular formula is C52H74N6O11. The molecule has 2 aromatic rings. The summed E-state index contributed by atoms with van der Waals surface area (Å²) < 4.78 is 24.9. The average Bonchev–Trinajstić information content (AvgIpc) is 3.82. The van der Waals surface area contributed by atoms with Crippen LogP contribution in [0, 0.1) is 36.5 Å². The largest absolute Gasteiger partial charge is 0.507 e. The van der Waals surface area contributed by atoms with Gasteiger partial charge in [-0.1, -0.05) is 59.8 Å². The number of amides is 2. The molecule has 2 saturated heterocycles. The minimum absolute atomic E-state index is 0.0554. The number of nitrogens with one attached hydrogen (secondary N) is 1. The van der Waals surface area contributed by atoms with E-state index in [1.54, 1.807) is 63.8 Å². The van der Waals surface area contributed by atoms with Gasteiger partial charge in [-0.15, -0.1) is 0 Å². The number of benzene rings is 2. The van der Waals surface area contributed by atoms with E-state index in [1.807, 2.05) is 21.0 Å². The van der Waals surface area contributed by atoms with Crippen molar-refractivity contribution in [2.24, 2.45) is 39.6 Å². The van der Waals surface area contributed by atoms with Crippen LogP contribution in [-0.4, -0.2) is 149 Å². The van der Waals surface area contributed by atoms with Gasteiger partial charge in [0.2, 0.25) is 0 Å². The lowest BCUT2D eigenvalue weighted by Gasteiger charge is -2.40. The zero-order valence-electron chi connectivity index (χ0n) is 42.4. The highest BCUT2D eigenvalue weighted by Gasteiger charge is 2.51. The zero-order valence-corrected chi connectivity index (χ0v) is 42.4. The normalized spacial score (nSPS) is 32.0. The first-order chi connectivity index (χ1) is 32.5. The molecule has 0 saturated carbocycles. The van der Waals surface area contributed by atoms with Crippen LogP contribution >= 0.6 is 0 Å². The van der Waals surface area contributed by atoms with Gasteiger partial charge in [-0.3, -0.25) is 14.6 Å². The highest BCUT2D eigenvalue weighted by Crippen LogP contribution is 2.51. The molecular weight excluding hydrogens is 885 g/mol. The monoisotopic (exact) mass is 959 g/mol. The van der Waals surface area contributed by atoms with Crippen LogP contribution in [-0.2, 0) is 19.0 Å². The Bertz CT molecular complexity index is 2520. The van der Waals surface area contributed by atoms with Gasteiger partial charge in [-0.2, -0.15) is 0 Å². The van der Waals surface area contributed by atoms with Gasteiger partial charge in [0, 0.05) is 106 Å². The summed E-state index contributed by atoms with van der Waals surface area (Å²) in [7, 11) is 5.54. The van der Waals surface area contributed by atoms with Crippen LogP contribution in [0.1, 0.15) is 97.0 Å². The van der Waals surface area contributed by atoms with Crippen molar-refractivity contribution in [3.05, 3.63) is 58.0 Å². The third kappa shape index (κ3) is 9.99. The molecule has 9 atom stereocenters. The molecule has 6 heterocycles. The van der Waals surface area contributed by atoms with Crippen molar-refractivity contribution in [1.29, 1.82) is 0 Å². The molecule has 69 heavy (non-hydrogen) atoms. The van der Waals surface area contributed by atoms with Crippen molar-refractivity contribution in [1.82, 2.24) is 14.7 Å². The maximum absolute atomic E-state index is 14.9. The fourth-order valence-corrected chi connectivity index (χ4v) is 10.8. The number of phenols is 2. The number of allylic oxidation sites excluding steroid dienone is 2. The summed E-state index contributed by atoms with van der Waals surface area (Å²) in [6.45, 7) is 19.5. The number of ketones is 1. The topological polar surface area (TPSA) is 216 Å². The number of carbonyl (C=O) groups excluding carboxylic acids is 3. The minimum atomic E-state index is -1.97. The molecule has 0 aromatic heterocycles. The van der Waals surface area contributed by atoms with E-state index >= 15 is 0 Å². The maximum Gasteiger partial charge on any atom is 0.410 e. The van der Waals surface area contributed by atoms with Gasteiger partial charge in [-0.05, 0) is 52.8 Å². The molecule has 2 aromatic carbocycles. The molecule has 17 nitrogen and oxygen atoms in total. The Balaban J connectivity index is 1.33. The third-order valence-corrected chi connectivity index (χ3v) is 15.3. The van der Waals surface area contributed by atoms with Gasteiger partial charge >= 0.3 is 11.9 Å². The molecule has 5 bridgehead atoms. The van der Waals surface area contributed by atoms with E-state index in [0.29, 0.717) is 43.6 Å². The number of aliphatic hydroxyl groups excluding tert-OH is 2. The smallest absolute Gasteiger partial charge is 0.410 e. The van der Waals surface area contributed by atoms with E-state index in [4.69, 9.17) is 23.9 Å². The second-order valence-corrected chi connectivity index (χ2v) is 20.9. The predicted octanol–water partition coefficient (Wildman–Crippen LogP) is 5.35. The van der Waals surface area contributed by atoms with E-state index in [2.05, 4.69) is 34.0 Å². The number of carbonyl (C=O) groups is 3. The van der Waals surface area contributed by atoms with E-state index in [9.17, 15) is 34.8 Å². The van der Waals surface area contributed by atoms with Crippen molar-refractivity contribution in [3.8, 4) is 17.2 Å². The molecule has 378 valence electrons. The number of aliphatic hydroxyl groups is 2. The van der Waals surface area contributed by atoms with Crippen LogP contribution in [0.3, 0.4) is 0 Å².